The number of nitrogens with zero attached hydrogens (tertiary/aromatic N) is 1. The maximum Gasteiger partial charge on any atom is 0.231 e. The van der Waals surface area contributed by atoms with Crippen molar-refractivity contribution in [1.82, 2.24) is 0 Å². The molecule has 1 heterocycles. The number of carbonyl (C=O) groups excluding carboxylic acids is 1. The van der Waals surface area contributed by atoms with Gasteiger partial charge in [0, 0.05) is 11.1 Å². The molecule has 1 aliphatic rings. The van der Waals surface area contributed by atoms with E-state index < -0.39 is 0 Å². The lowest BCUT2D eigenvalue weighted by Crippen LogP contribution is -2.40. The van der Waals surface area contributed by atoms with Gasteiger partial charge in [0.15, 0.2) is 17.3 Å². The van der Waals surface area contributed by atoms with E-state index in [1.165, 1.54) is 16.7 Å². The Morgan fingerprint density at radius 2 is 1.68 bits per heavy atom. The highest BCUT2D eigenvalue weighted by Gasteiger charge is 2.21. The zero-order chi connectivity index (χ0) is 18.0. The topological polar surface area (TPSA) is 35.5 Å². The Balaban J connectivity index is 1.62. The Labute approximate surface area is 149 Å². The van der Waals surface area contributed by atoms with Crippen LogP contribution in [-0.4, -0.2) is 37.7 Å². The van der Waals surface area contributed by atoms with Crippen molar-refractivity contribution in [3.8, 4) is 11.5 Å². The third kappa shape index (κ3) is 4.40. The van der Waals surface area contributed by atoms with Crippen molar-refractivity contribution in [3.63, 3.8) is 0 Å². The zero-order valence-corrected chi connectivity index (χ0v) is 15.5. The number of rotatable bonds is 6. The molecule has 1 aliphatic heterocycles. The zero-order valence-electron chi connectivity index (χ0n) is 15.5. The number of carbonyl (C=O) groups is 1. The number of aryl methyl sites for hydroxylation is 2. The van der Waals surface area contributed by atoms with Crippen LogP contribution in [0.1, 0.15) is 33.5 Å². The first kappa shape index (κ1) is 17.5. The second-order valence-electron chi connectivity index (χ2n) is 7.55. The Kier molecular flexibility index (Phi) is 4.82. The van der Waals surface area contributed by atoms with E-state index >= 15 is 0 Å². The van der Waals surface area contributed by atoms with E-state index in [1.807, 2.05) is 12.1 Å². The molecular formula is C21H26NO3+. The van der Waals surface area contributed by atoms with Gasteiger partial charge in [0.25, 0.3) is 0 Å². The summed E-state index contributed by atoms with van der Waals surface area (Å²) in [5, 5.41) is 0. The number of hydrogen-bond donors (Lipinski definition) is 0. The van der Waals surface area contributed by atoms with Gasteiger partial charge in [0.1, 0.15) is 6.54 Å². The van der Waals surface area contributed by atoms with Gasteiger partial charge in [0.05, 0.1) is 27.1 Å². The minimum Gasteiger partial charge on any atom is -0.454 e. The van der Waals surface area contributed by atoms with Crippen LogP contribution in [0.15, 0.2) is 36.4 Å². The molecule has 0 atom stereocenters. The van der Waals surface area contributed by atoms with Crippen LogP contribution in [0, 0.1) is 13.8 Å². The lowest BCUT2D eigenvalue weighted by molar-refractivity contribution is -0.903. The van der Waals surface area contributed by atoms with E-state index in [4.69, 9.17) is 9.47 Å². The second-order valence-corrected chi connectivity index (χ2v) is 7.55. The van der Waals surface area contributed by atoms with E-state index in [0.717, 1.165) is 17.6 Å². The summed E-state index contributed by atoms with van der Waals surface area (Å²) in [4.78, 5) is 12.5. The van der Waals surface area contributed by atoms with Crippen LogP contribution in [0.2, 0.25) is 0 Å². The van der Waals surface area contributed by atoms with Gasteiger partial charge in [-0.25, -0.2) is 0 Å². The van der Waals surface area contributed by atoms with Crippen LogP contribution >= 0.6 is 0 Å². The molecule has 0 amide bonds. The van der Waals surface area contributed by atoms with E-state index in [0.29, 0.717) is 23.5 Å². The minimum atomic E-state index is 0.143. The summed E-state index contributed by atoms with van der Waals surface area (Å²) in [6.45, 7) is 6.18. The molecule has 0 saturated heterocycles. The highest BCUT2D eigenvalue weighted by Crippen LogP contribution is 2.32. The average Bonchev–Trinajstić information content (AvgIpc) is 2.98. The quantitative estimate of drug-likeness (QED) is 0.591. The van der Waals surface area contributed by atoms with Crippen molar-refractivity contribution >= 4 is 5.78 Å². The molecule has 0 saturated carbocycles. The number of Topliss-reactive ketones (excluding diaryl/α,β-unsaturated/α-hetero) is 1. The van der Waals surface area contributed by atoms with Gasteiger partial charge in [-0.3, -0.25) is 4.79 Å². The van der Waals surface area contributed by atoms with Gasteiger partial charge >= 0.3 is 0 Å². The first-order chi connectivity index (χ1) is 11.8. The fraction of sp³-hybridized carbons (Fsp3) is 0.381. The lowest BCUT2D eigenvalue weighted by Gasteiger charge is -2.30. The van der Waals surface area contributed by atoms with Gasteiger partial charge in [-0.05, 0) is 32.0 Å². The first-order valence-electron chi connectivity index (χ1n) is 8.64. The minimum absolute atomic E-state index is 0.143. The molecule has 132 valence electrons. The molecule has 0 bridgehead atoms. The van der Waals surface area contributed by atoms with Crippen molar-refractivity contribution in [1.29, 1.82) is 0 Å². The van der Waals surface area contributed by atoms with E-state index in [-0.39, 0.29) is 12.6 Å². The smallest absolute Gasteiger partial charge is 0.231 e. The molecule has 2 aromatic rings. The summed E-state index contributed by atoms with van der Waals surface area (Å²) < 4.78 is 11.4. The van der Waals surface area contributed by atoms with Gasteiger partial charge < -0.3 is 14.0 Å². The van der Waals surface area contributed by atoms with Crippen LogP contribution in [-0.2, 0) is 6.54 Å². The fourth-order valence-electron chi connectivity index (χ4n) is 3.35. The van der Waals surface area contributed by atoms with Crippen molar-refractivity contribution in [2.45, 2.75) is 26.8 Å². The first-order valence-corrected chi connectivity index (χ1v) is 8.64. The Bertz CT molecular complexity index is 775. The van der Waals surface area contributed by atoms with E-state index in [1.54, 1.807) is 6.07 Å². The predicted octanol–water partition coefficient (Wildman–Crippen LogP) is 3.88. The average molecular weight is 340 g/mol. The molecule has 0 N–H and O–H groups in total. The summed E-state index contributed by atoms with van der Waals surface area (Å²) in [6, 6.07) is 12.1. The van der Waals surface area contributed by atoms with Crippen LogP contribution < -0.4 is 9.47 Å². The summed E-state index contributed by atoms with van der Waals surface area (Å²) in [6.07, 6.45) is 0.511. The highest BCUT2D eigenvalue weighted by molar-refractivity contribution is 5.96. The number of hydrogen-bond acceptors (Lipinski definition) is 3. The van der Waals surface area contributed by atoms with Crippen LogP contribution in [0.25, 0.3) is 0 Å². The third-order valence-corrected chi connectivity index (χ3v) is 4.53. The fourth-order valence-corrected chi connectivity index (χ4v) is 3.35. The molecule has 4 nitrogen and oxygen atoms in total. The Hall–Kier alpha value is -2.33. The Morgan fingerprint density at radius 3 is 2.40 bits per heavy atom. The summed E-state index contributed by atoms with van der Waals surface area (Å²) in [5.74, 6) is 1.52. The number of ether oxygens (including phenoxy) is 2. The lowest BCUT2D eigenvalue weighted by atomic mass is 10.0. The van der Waals surface area contributed by atoms with Crippen molar-refractivity contribution in [3.05, 3.63) is 58.7 Å². The summed E-state index contributed by atoms with van der Waals surface area (Å²) in [5.41, 5.74) is 4.58. The summed E-state index contributed by atoms with van der Waals surface area (Å²) in [7, 11) is 4.34. The van der Waals surface area contributed by atoms with Gasteiger partial charge in [-0.1, -0.05) is 29.3 Å². The predicted molar refractivity (Wildman–Crippen MR) is 98.1 cm³/mol. The molecular weight excluding hydrogens is 314 g/mol. The van der Waals surface area contributed by atoms with Crippen LogP contribution in [0.5, 0.6) is 11.5 Å². The van der Waals surface area contributed by atoms with E-state index in [9.17, 15) is 4.79 Å². The molecule has 0 unspecified atom stereocenters. The van der Waals surface area contributed by atoms with E-state index in [2.05, 4.69) is 46.1 Å². The highest BCUT2D eigenvalue weighted by atomic mass is 16.7. The number of fused-ring (bicyclic) bond motifs is 1. The standard InChI is InChI=1S/C21H26NO3/c1-15-9-16(2)11-17(10-15)13-22(3,4)8-7-19(23)18-5-6-20-21(12-18)25-14-24-20/h5-6,9-12H,7-8,13-14H2,1-4H3/q+1. The van der Waals surface area contributed by atoms with Gasteiger partial charge in [0.2, 0.25) is 6.79 Å². The molecule has 0 aromatic heterocycles. The maximum absolute atomic E-state index is 12.5. The molecule has 2 aromatic carbocycles. The largest absolute Gasteiger partial charge is 0.454 e. The van der Waals surface area contributed by atoms with Crippen molar-refractivity contribution < 1.29 is 18.8 Å². The molecule has 25 heavy (non-hydrogen) atoms. The number of quaternary nitrogens is 1. The second kappa shape index (κ2) is 6.89. The molecule has 0 spiro atoms. The number of ketones is 1. The number of benzene rings is 2. The van der Waals surface area contributed by atoms with Crippen LogP contribution in [0.4, 0.5) is 0 Å². The molecule has 0 radical (unpaired) electrons. The molecule has 0 aliphatic carbocycles. The van der Waals surface area contributed by atoms with Crippen molar-refractivity contribution in [2.75, 3.05) is 27.4 Å². The monoisotopic (exact) mass is 340 g/mol. The molecule has 4 heteroatoms. The normalized spacial score (nSPS) is 13.1. The van der Waals surface area contributed by atoms with Gasteiger partial charge in [-0.2, -0.15) is 0 Å². The summed E-state index contributed by atoms with van der Waals surface area (Å²) >= 11 is 0. The van der Waals surface area contributed by atoms with Crippen LogP contribution in [0.3, 0.4) is 0 Å². The Morgan fingerprint density at radius 1 is 1.00 bits per heavy atom. The SMILES string of the molecule is Cc1cc(C)cc(C[N+](C)(C)CCC(=O)c2ccc3c(c2)OCO3)c1. The molecule has 0 fully saturated rings. The van der Waals surface area contributed by atoms with Crippen molar-refractivity contribution in [2.24, 2.45) is 0 Å². The van der Waals surface area contributed by atoms with Gasteiger partial charge in [-0.15, -0.1) is 0 Å². The third-order valence-electron chi connectivity index (χ3n) is 4.53. The molecule has 3 rings (SSSR count). The maximum atomic E-state index is 12.5.